The number of hydrogen-bond acceptors (Lipinski definition) is 2. The van der Waals surface area contributed by atoms with E-state index < -0.39 is 5.72 Å². The minimum Gasteiger partial charge on any atom is -0.371 e. The number of aromatic nitrogens is 2. The first kappa shape index (κ1) is 9.21. The van der Waals surface area contributed by atoms with Crippen LogP contribution in [0.1, 0.15) is 20.3 Å². The molecule has 0 aliphatic rings. The molecule has 2 aromatic rings. The van der Waals surface area contributed by atoms with E-state index in [9.17, 15) is 5.11 Å². The van der Waals surface area contributed by atoms with Crippen molar-refractivity contribution in [1.29, 1.82) is 0 Å². The first-order valence-electron chi connectivity index (χ1n) is 4.80. The molecule has 0 aliphatic heterocycles. The Hall–Kier alpha value is -1.35. The smallest absolute Gasteiger partial charge is 0.139 e. The Bertz CT molecular complexity index is 445. The number of nitrogens with zero attached hydrogens (tertiary/aromatic N) is 2. The van der Waals surface area contributed by atoms with Crippen LogP contribution < -0.4 is 0 Å². The number of hydrogen-bond donors (Lipinski definition) is 1. The molecule has 1 heterocycles. The van der Waals surface area contributed by atoms with Crippen molar-refractivity contribution in [1.82, 2.24) is 9.55 Å². The van der Waals surface area contributed by atoms with Crippen LogP contribution in [0.5, 0.6) is 0 Å². The van der Waals surface area contributed by atoms with Crippen molar-refractivity contribution in [3.05, 3.63) is 30.6 Å². The molecule has 0 saturated heterocycles. The molecule has 0 aliphatic carbocycles. The van der Waals surface area contributed by atoms with Crippen LogP contribution in [-0.2, 0) is 5.72 Å². The SMILES string of the molecule is CCC(C)(O)n1cnc2ccccc21. The van der Waals surface area contributed by atoms with Gasteiger partial charge in [-0.05, 0) is 25.5 Å². The average Bonchev–Trinajstić information content (AvgIpc) is 2.61. The van der Waals surface area contributed by atoms with Crippen molar-refractivity contribution in [3.8, 4) is 0 Å². The molecule has 0 spiro atoms. The van der Waals surface area contributed by atoms with E-state index in [0.29, 0.717) is 6.42 Å². The van der Waals surface area contributed by atoms with Gasteiger partial charge in [0.25, 0.3) is 0 Å². The Morgan fingerprint density at radius 3 is 2.86 bits per heavy atom. The highest BCUT2D eigenvalue weighted by atomic mass is 16.3. The normalized spacial score (nSPS) is 15.6. The Balaban J connectivity index is 2.64. The quantitative estimate of drug-likeness (QED) is 0.787. The number of fused-ring (bicyclic) bond motifs is 1. The maximum Gasteiger partial charge on any atom is 0.139 e. The van der Waals surface area contributed by atoms with Gasteiger partial charge in [0.2, 0.25) is 0 Å². The van der Waals surface area contributed by atoms with Gasteiger partial charge in [0, 0.05) is 0 Å². The lowest BCUT2D eigenvalue weighted by atomic mass is 10.2. The first-order valence-corrected chi connectivity index (χ1v) is 4.80. The Morgan fingerprint density at radius 2 is 2.14 bits per heavy atom. The molecule has 0 radical (unpaired) electrons. The van der Waals surface area contributed by atoms with E-state index in [0.717, 1.165) is 11.0 Å². The molecule has 1 aromatic heterocycles. The second kappa shape index (κ2) is 3.10. The topological polar surface area (TPSA) is 38.0 Å². The summed E-state index contributed by atoms with van der Waals surface area (Å²) in [6.07, 6.45) is 2.35. The number of para-hydroxylation sites is 2. The van der Waals surface area contributed by atoms with Crippen molar-refractivity contribution in [2.75, 3.05) is 0 Å². The van der Waals surface area contributed by atoms with Gasteiger partial charge in [-0.2, -0.15) is 0 Å². The number of imidazole rings is 1. The summed E-state index contributed by atoms with van der Waals surface area (Å²) in [5.41, 5.74) is 1.04. The molecule has 1 N–H and O–H groups in total. The largest absolute Gasteiger partial charge is 0.371 e. The van der Waals surface area contributed by atoms with E-state index in [1.165, 1.54) is 0 Å². The molecule has 2 rings (SSSR count). The maximum absolute atomic E-state index is 10.1. The van der Waals surface area contributed by atoms with Crippen LogP contribution in [0.15, 0.2) is 30.6 Å². The molecule has 0 fully saturated rings. The summed E-state index contributed by atoms with van der Waals surface area (Å²) in [6, 6.07) is 7.80. The summed E-state index contributed by atoms with van der Waals surface area (Å²) in [5, 5.41) is 10.1. The number of benzene rings is 1. The lowest BCUT2D eigenvalue weighted by Gasteiger charge is -2.23. The van der Waals surface area contributed by atoms with E-state index in [1.54, 1.807) is 13.3 Å². The van der Waals surface area contributed by atoms with Crippen LogP contribution in [0.4, 0.5) is 0 Å². The molecular formula is C11H14N2O. The molecule has 0 amide bonds. The molecular weight excluding hydrogens is 176 g/mol. The van der Waals surface area contributed by atoms with Gasteiger partial charge in [0.1, 0.15) is 5.72 Å². The highest BCUT2D eigenvalue weighted by Crippen LogP contribution is 2.22. The number of aliphatic hydroxyl groups is 1. The standard InChI is InChI=1S/C11H14N2O/c1-3-11(2,14)13-8-12-9-6-4-5-7-10(9)13/h4-8,14H,3H2,1-2H3. The Morgan fingerprint density at radius 1 is 1.43 bits per heavy atom. The highest BCUT2D eigenvalue weighted by molar-refractivity contribution is 5.75. The molecule has 14 heavy (non-hydrogen) atoms. The zero-order valence-corrected chi connectivity index (χ0v) is 8.44. The zero-order chi connectivity index (χ0) is 10.2. The average molecular weight is 190 g/mol. The minimum absolute atomic E-state index is 0.660. The molecule has 0 saturated carbocycles. The van der Waals surface area contributed by atoms with Crippen LogP contribution in [-0.4, -0.2) is 14.7 Å². The third-order valence-electron chi connectivity index (χ3n) is 2.64. The van der Waals surface area contributed by atoms with E-state index in [2.05, 4.69) is 4.98 Å². The minimum atomic E-state index is -0.851. The summed E-state index contributed by atoms with van der Waals surface area (Å²) in [6.45, 7) is 3.75. The highest BCUT2D eigenvalue weighted by Gasteiger charge is 2.21. The fraction of sp³-hybridized carbons (Fsp3) is 0.364. The van der Waals surface area contributed by atoms with Crippen molar-refractivity contribution < 1.29 is 5.11 Å². The van der Waals surface area contributed by atoms with Gasteiger partial charge < -0.3 is 9.67 Å². The van der Waals surface area contributed by atoms with Gasteiger partial charge in [-0.25, -0.2) is 4.98 Å². The van der Waals surface area contributed by atoms with Gasteiger partial charge in [0.05, 0.1) is 17.4 Å². The molecule has 1 aromatic carbocycles. The monoisotopic (exact) mass is 190 g/mol. The van der Waals surface area contributed by atoms with Gasteiger partial charge in [0.15, 0.2) is 0 Å². The van der Waals surface area contributed by atoms with Gasteiger partial charge in [-0.3, -0.25) is 0 Å². The van der Waals surface area contributed by atoms with E-state index in [4.69, 9.17) is 0 Å². The van der Waals surface area contributed by atoms with Crippen molar-refractivity contribution in [2.24, 2.45) is 0 Å². The molecule has 3 nitrogen and oxygen atoms in total. The maximum atomic E-state index is 10.1. The second-order valence-corrected chi connectivity index (χ2v) is 3.67. The van der Waals surface area contributed by atoms with Crippen LogP contribution in [0, 0.1) is 0 Å². The molecule has 1 unspecified atom stereocenters. The lowest BCUT2D eigenvalue weighted by molar-refractivity contribution is -0.0182. The zero-order valence-electron chi connectivity index (χ0n) is 8.44. The Kier molecular flexibility index (Phi) is 2.04. The molecule has 74 valence electrons. The van der Waals surface area contributed by atoms with Gasteiger partial charge >= 0.3 is 0 Å². The van der Waals surface area contributed by atoms with E-state index in [1.807, 2.05) is 35.8 Å². The summed E-state index contributed by atoms with van der Waals surface area (Å²) < 4.78 is 1.81. The lowest BCUT2D eigenvalue weighted by Crippen LogP contribution is -2.27. The van der Waals surface area contributed by atoms with Crippen LogP contribution in [0.3, 0.4) is 0 Å². The third kappa shape index (κ3) is 1.30. The van der Waals surface area contributed by atoms with Crippen molar-refractivity contribution in [2.45, 2.75) is 26.0 Å². The van der Waals surface area contributed by atoms with Crippen LogP contribution in [0.25, 0.3) is 11.0 Å². The first-order chi connectivity index (χ1) is 6.65. The number of rotatable bonds is 2. The Labute approximate surface area is 83.0 Å². The van der Waals surface area contributed by atoms with Crippen LogP contribution in [0.2, 0.25) is 0 Å². The summed E-state index contributed by atoms with van der Waals surface area (Å²) in [7, 11) is 0. The van der Waals surface area contributed by atoms with Crippen molar-refractivity contribution in [3.63, 3.8) is 0 Å². The predicted octanol–water partition coefficient (Wildman–Crippen LogP) is 2.11. The van der Waals surface area contributed by atoms with E-state index in [-0.39, 0.29) is 0 Å². The van der Waals surface area contributed by atoms with Gasteiger partial charge in [-0.1, -0.05) is 19.1 Å². The fourth-order valence-corrected chi connectivity index (χ4v) is 1.51. The molecule has 3 heteroatoms. The third-order valence-corrected chi connectivity index (χ3v) is 2.64. The fourth-order valence-electron chi connectivity index (χ4n) is 1.51. The molecule has 1 atom stereocenters. The predicted molar refractivity (Wildman–Crippen MR) is 55.9 cm³/mol. The van der Waals surface area contributed by atoms with Crippen LogP contribution >= 0.6 is 0 Å². The van der Waals surface area contributed by atoms with E-state index >= 15 is 0 Å². The van der Waals surface area contributed by atoms with Crippen molar-refractivity contribution >= 4 is 11.0 Å². The molecule has 0 bridgehead atoms. The second-order valence-electron chi connectivity index (χ2n) is 3.67. The summed E-state index contributed by atoms with van der Waals surface area (Å²) in [4.78, 5) is 4.24. The summed E-state index contributed by atoms with van der Waals surface area (Å²) in [5.74, 6) is 0. The van der Waals surface area contributed by atoms with Gasteiger partial charge in [-0.15, -0.1) is 0 Å². The summed E-state index contributed by atoms with van der Waals surface area (Å²) >= 11 is 0.